The van der Waals surface area contributed by atoms with Gasteiger partial charge in [-0.25, -0.2) is 9.78 Å². The number of carboxylic acids is 1. The maximum absolute atomic E-state index is 11.4. The summed E-state index contributed by atoms with van der Waals surface area (Å²) in [7, 11) is 0. The van der Waals surface area contributed by atoms with Gasteiger partial charge in [-0.1, -0.05) is 39.0 Å². The molecule has 1 aromatic rings. The summed E-state index contributed by atoms with van der Waals surface area (Å²) in [6.07, 6.45) is 0. The fourth-order valence-electron chi connectivity index (χ4n) is 2.09. The summed E-state index contributed by atoms with van der Waals surface area (Å²) in [5, 5.41) is 10.8. The van der Waals surface area contributed by atoms with Crippen LogP contribution >= 0.6 is 23.1 Å². The van der Waals surface area contributed by atoms with Gasteiger partial charge in [-0.15, -0.1) is 0 Å². The van der Waals surface area contributed by atoms with Crippen LogP contribution in [0, 0.1) is 0 Å². The molecular weight excluding hydrogens is 280 g/mol. The molecule has 1 aliphatic heterocycles. The lowest BCUT2D eigenvalue weighted by molar-refractivity contribution is 0.0699. The van der Waals surface area contributed by atoms with Crippen molar-refractivity contribution in [1.82, 2.24) is 4.98 Å². The van der Waals surface area contributed by atoms with E-state index in [2.05, 4.69) is 16.8 Å². The highest BCUT2D eigenvalue weighted by atomic mass is 32.2. The third-order valence-corrected chi connectivity index (χ3v) is 5.27. The molecule has 0 saturated carbocycles. The molecule has 2 heterocycles. The molecule has 1 aromatic heterocycles. The molecule has 0 bridgehead atoms. The van der Waals surface area contributed by atoms with Crippen LogP contribution in [0.15, 0.2) is 0 Å². The molecule has 0 aliphatic carbocycles. The van der Waals surface area contributed by atoms with Crippen molar-refractivity contribution in [3.05, 3.63) is 10.6 Å². The van der Waals surface area contributed by atoms with Gasteiger partial charge < -0.3 is 10.0 Å². The SMILES string of the molecule is CC1CN(c2nc(C(C)(C)C)c(C(=O)O)s2)CCS1. The number of rotatable bonds is 2. The molecule has 1 atom stereocenters. The Morgan fingerprint density at radius 1 is 1.47 bits per heavy atom. The van der Waals surface area contributed by atoms with E-state index in [0.717, 1.165) is 24.0 Å². The number of aromatic carboxylic acids is 1. The lowest BCUT2D eigenvalue weighted by Gasteiger charge is -2.30. The first-order valence-corrected chi connectivity index (χ1v) is 8.26. The first kappa shape index (κ1) is 14.7. The number of carbonyl (C=O) groups is 1. The minimum Gasteiger partial charge on any atom is -0.477 e. The fourth-order valence-corrected chi connectivity index (χ4v) is 4.25. The second kappa shape index (κ2) is 5.32. The van der Waals surface area contributed by atoms with Crippen molar-refractivity contribution >= 4 is 34.2 Å². The van der Waals surface area contributed by atoms with Gasteiger partial charge in [-0.05, 0) is 0 Å². The van der Waals surface area contributed by atoms with Crippen LogP contribution in [0.2, 0.25) is 0 Å². The molecule has 1 N–H and O–H groups in total. The maximum Gasteiger partial charge on any atom is 0.347 e. The van der Waals surface area contributed by atoms with Crippen molar-refractivity contribution in [2.75, 3.05) is 23.7 Å². The third kappa shape index (κ3) is 3.23. The van der Waals surface area contributed by atoms with E-state index in [1.807, 2.05) is 32.5 Å². The Balaban J connectivity index is 2.35. The summed E-state index contributed by atoms with van der Waals surface area (Å²) >= 11 is 3.27. The molecule has 106 valence electrons. The van der Waals surface area contributed by atoms with E-state index in [1.165, 1.54) is 11.3 Å². The molecule has 6 heteroatoms. The Bertz CT molecular complexity index is 479. The predicted molar refractivity (Wildman–Crippen MR) is 81.9 cm³/mol. The van der Waals surface area contributed by atoms with Gasteiger partial charge in [-0.2, -0.15) is 11.8 Å². The van der Waals surface area contributed by atoms with Crippen LogP contribution in [0.25, 0.3) is 0 Å². The Hall–Kier alpha value is -0.750. The van der Waals surface area contributed by atoms with Crippen molar-refractivity contribution in [2.24, 2.45) is 0 Å². The van der Waals surface area contributed by atoms with Gasteiger partial charge in [-0.3, -0.25) is 0 Å². The van der Waals surface area contributed by atoms with E-state index in [0.29, 0.717) is 15.8 Å². The summed E-state index contributed by atoms with van der Waals surface area (Å²) in [6, 6.07) is 0. The Kier molecular flexibility index (Phi) is 4.11. The molecule has 2 rings (SSSR count). The van der Waals surface area contributed by atoms with Gasteiger partial charge >= 0.3 is 5.97 Å². The first-order chi connectivity index (χ1) is 8.79. The molecule has 4 nitrogen and oxygen atoms in total. The molecular formula is C13H20N2O2S2. The lowest BCUT2D eigenvalue weighted by atomic mass is 9.91. The largest absolute Gasteiger partial charge is 0.477 e. The summed E-state index contributed by atoms with van der Waals surface area (Å²) in [4.78, 5) is 18.6. The minimum atomic E-state index is -0.867. The van der Waals surface area contributed by atoms with Crippen LogP contribution in [0.1, 0.15) is 43.1 Å². The summed E-state index contributed by atoms with van der Waals surface area (Å²) < 4.78 is 0. The smallest absolute Gasteiger partial charge is 0.347 e. The third-order valence-electron chi connectivity index (χ3n) is 3.03. The molecule has 0 radical (unpaired) electrons. The zero-order chi connectivity index (χ0) is 14.2. The van der Waals surface area contributed by atoms with E-state index in [1.54, 1.807) is 0 Å². The van der Waals surface area contributed by atoms with Crippen molar-refractivity contribution in [3.63, 3.8) is 0 Å². The molecule has 0 aromatic carbocycles. The van der Waals surface area contributed by atoms with E-state index in [9.17, 15) is 9.90 Å². The molecule has 1 saturated heterocycles. The first-order valence-electron chi connectivity index (χ1n) is 6.40. The highest BCUT2D eigenvalue weighted by molar-refractivity contribution is 8.00. The van der Waals surface area contributed by atoms with Crippen molar-refractivity contribution < 1.29 is 9.90 Å². The van der Waals surface area contributed by atoms with Crippen LogP contribution in [-0.2, 0) is 5.41 Å². The lowest BCUT2D eigenvalue weighted by Crippen LogP contribution is -2.36. The monoisotopic (exact) mass is 300 g/mol. The van der Waals surface area contributed by atoms with Gasteiger partial charge in [0, 0.05) is 29.5 Å². The molecule has 1 unspecified atom stereocenters. The Morgan fingerprint density at radius 3 is 2.63 bits per heavy atom. The number of aromatic nitrogens is 1. The highest BCUT2D eigenvalue weighted by Gasteiger charge is 2.29. The average Bonchev–Trinajstić information content (AvgIpc) is 2.73. The van der Waals surface area contributed by atoms with E-state index >= 15 is 0 Å². The summed E-state index contributed by atoms with van der Waals surface area (Å²) in [6.45, 7) is 10.1. The quantitative estimate of drug-likeness (QED) is 0.909. The van der Waals surface area contributed by atoms with E-state index < -0.39 is 5.97 Å². The number of nitrogens with zero attached hydrogens (tertiary/aromatic N) is 2. The predicted octanol–water partition coefficient (Wildman–Crippen LogP) is 3.08. The van der Waals surface area contributed by atoms with Crippen LogP contribution in [0.4, 0.5) is 5.13 Å². The zero-order valence-corrected chi connectivity index (χ0v) is 13.4. The number of thiazole rings is 1. The van der Waals surface area contributed by atoms with Gasteiger partial charge in [0.1, 0.15) is 4.88 Å². The van der Waals surface area contributed by atoms with E-state index in [-0.39, 0.29) is 5.41 Å². The minimum absolute atomic E-state index is 0.237. The van der Waals surface area contributed by atoms with Crippen LogP contribution in [0.3, 0.4) is 0 Å². The van der Waals surface area contributed by atoms with E-state index in [4.69, 9.17) is 0 Å². The molecule has 1 aliphatic rings. The Morgan fingerprint density at radius 2 is 2.16 bits per heavy atom. The zero-order valence-electron chi connectivity index (χ0n) is 11.8. The molecule has 1 fully saturated rings. The van der Waals surface area contributed by atoms with Gasteiger partial charge in [0.2, 0.25) is 0 Å². The number of anilines is 1. The van der Waals surface area contributed by atoms with Crippen LogP contribution in [-0.4, -0.2) is 40.2 Å². The topological polar surface area (TPSA) is 53.4 Å². The average molecular weight is 300 g/mol. The second-order valence-electron chi connectivity index (χ2n) is 5.86. The van der Waals surface area contributed by atoms with Crippen molar-refractivity contribution in [3.8, 4) is 0 Å². The number of hydrogen-bond acceptors (Lipinski definition) is 5. The van der Waals surface area contributed by atoms with Gasteiger partial charge in [0.15, 0.2) is 5.13 Å². The second-order valence-corrected chi connectivity index (χ2v) is 8.38. The molecule has 19 heavy (non-hydrogen) atoms. The van der Waals surface area contributed by atoms with Gasteiger partial charge in [0.05, 0.1) is 5.69 Å². The number of carboxylic acid groups (broad SMARTS) is 1. The van der Waals surface area contributed by atoms with Crippen molar-refractivity contribution in [1.29, 1.82) is 0 Å². The summed E-state index contributed by atoms with van der Waals surface area (Å²) in [5.74, 6) is 0.210. The normalized spacial score (nSPS) is 20.6. The summed E-state index contributed by atoms with van der Waals surface area (Å²) in [5.41, 5.74) is 0.462. The Labute approximate surface area is 122 Å². The number of thioether (sulfide) groups is 1. The highest BCUT2D eigenvalue weighted by Crippen LogP contribution is 2.35. The van der Waals surface area contributed by atoms with Crippen LogP contribution < -0.4 is 4.90 Å². The molecule has 0 amide bonds. The van der Waals surface area contributed by atoms with Crippen LogP contribution in [0.5, 0.6) is 0 Å². The van der Waals surface area contributed by atoms with Crippen molar-refractivity contribution in [2.45, 2.75) is 38.4 Å². The number of hydrogen-bond donors (Lipinski definition) is 1. The van der Waals surface area contributed by atoms with Gasteiger partial charge in [0.25, 0.3) is 0 Å². The molecule has 0 spiro atoms. The standard InChI is InChI=1S/C13H20N2O2S2/c1-8-7-15(5-6-18-8)12-14-10(13(2,3)4)9(19-12)11(16)17/h8H,5-7H2,1-4H3,(H,16,17). The maximum atomic E-state index is 11.4. The fraction of sp³-hybridized carbons (Fsp3) is 0.692.